The third-order valence-corrected chi connectivity index (χ3v) is 4.21. The summed E-state index contributed by atoms with van der Waals surface area (Å²) in [6.45, 7) is 20.3. The second kappa shape index (κ2) is 16.1. The van der Waals surface area contributed by atoms with Gasteiger partial charge >= 0.3 is 0 Å². The molecule has 0 atom stereocenters. The van der Waals surface area contributed by atoms with Crippen molar-refractivity contribution in [1.82, 2.24) is 0 Å². The zero-order valence-electron chi connectivity index (χ0n) is 19.1. The molecule has 0 saturated carbocycles. The van der Waals surface area contributed by atoms with Crippen molar-refractivity contribution in [3.63, 3.8) is 0 Å². The zero-order valence-corrected chi connectivity index (χ0v) is 19.1. The molecule has 0 heterocycles. The Bertz CT molecular complexity index is 809. The lowest BCUT2D eigenvalue weighted by molar-refractivity contribution is -0.467. The Hall–Kier alpha value is -2.84. The molecule has 0 amide bonds. The van der Waals surface area contributed by atoms with E-state index in [1.54, 1.807) is 0 Å². The molecular formula is C27H38N2+2. The molecule has 29 heavy (non-hydrogen) atoms. The molecule has 0 rings (SSSR count). The Balaban J connectivity index is 6.25. The van der Waals surface area contributed by atoms with Gasteiger partial charge in [0, 0.05) is 25.2 Å². The van der Waals surface area contributed by atoms with Crippen molar-refractivity contribution in [3.05, 3.63) is 60.0 Å². The van der Waals surface area contributed by atoms with E-state index in [1.165, 1.54) is 0 Å². The quantitative estimate of drug-likeness (QED) is 0.180. The van der Waals surface area contributed by atoms with Gasteiger partial charge in [0.15, 0.2) is 12.8 Å². The standard InChI is InChI=1S/C27H38N2/c1-9-14-17-23-29(22-16-11-3)25(8)19-20-27(26(18-12-4)24(6)7)28(13-5)21-15-10-2/h2,12-14,17-18,23H,6,8-9,11,15-16,21-22H2,1,3-5,7H3/q+2. The van der Waals surface area contributed by atoms with E-state index >= 15 is 0 Å². The van der Waals surface area contributed by atoms with Crippen molar-refractivity contribution in [3.8, 4) is 24.2 Å². The van der Waals surface area contributed by atoms with Crippen molar-refractivity contribution in [2.45, 2.75) is 60.3 Å². The van der Waals surface area contributed by atoms with E-state index < -0.39 is 0 Å². The zero-order chi connectivity index (χ0) is 22.1. The second-order valence-electron chi connectivity index (χ2n) is 6.68. The molecule has 0 aliphatic rings. The minimum absolute atomic E-state index is 0.647. The molecule has 0 radical (unpaired) electrons. The smallest absolute Gasteiger partial charge is 0.194 e. The highest BCUT2D eigenvalue weighted by Gasteiger charge is 2.16. The van der Waals surface area contributed by atoms with E-state index in [0.29, 0.717) is 13.0 Å². The van der Waals surface area contributed by atoms with Gasteiger partial charge in [0.05, 0.1) is 12.0 Å². The average molecular weight is 391 g/mol. The summed E-state index contributed by atoms with van der Waals surface area (Å²) in [7, 11) is 0. The molecule has 0 aromatic carbocycles. The fourth-order valence-corrected chi connectivity index (χ4v) is 2.57. The molecule has 0 N–H and O–H groups in total. The van der Waals surface area contributed by atoms with E-state index in [0.717, 1.165) is 48.3 Å². The third kappa shape index (κ3) is 10.3. The van der Waals surface area contributed by atoms with Gasteiger partial charge in [-0.2, -0.15) is 9.15 Å². The number of hydrogen-bond donors (Lipinski definition) is 0. The number of unbranched alkanes of at least 4 members (excludes halogenated alkanes) is 1. The summed E-state index contributed by atoms with van der Waals surface area (Å²) in [5.41, 5.74) is 3.66. The topological polar surface area (TPSA) is 6.02 Å². The summed E-state index contributed by atoms with van der Waals surface area (Å²) in [4.78, 5) is 0. The molecule has 2 heteroatoms. The summed E-state index contributed by atoms with van der Waals surface area (Å²) in [6, 6.07) is 0. The minimum Gasteiger partial charge on any atom is -0.194 e. The number of rotatable bonds is 11. The van der Waals surface area contributed by atoms with Gasteiger partial charge in [-0.15, -0.1) is 12.3 Å². The molecule has 0 spiro atoms. The SMILES string of the molecule is C#CCC[N+](=CC)C(C#CC(=C)[N+](=CC=CCC)CCCC)=C(C=CC)C(=C)C. The maximum atomic E-state index is 5.49. The monoisotopic (exact) mass is 390 g/mol. The molecule has 0 aliphatic heterocycles. The van der Waals surface area contributed by atoms with Crippen molar-refractivity contribution in [2.75, 3.05) is 13.1 Å². The van der Waals surface area contributed by atoms with Crippen molar-refractivity contribution >= 4 is 12.4 Å². The minimum atomic E-state index is 0.647. The summed E-state index contributed by atoms with van der Waals surface area (Å²) >= 11 is 0. The molecule has 2 nitrogen and oxygen atoms in total. The van der Waals surface area contributed by atoms with Crippen molar-refractivity contribution in [2.24, 2.45) is 0 Å². The second-order valence-corrected chi connectivity index (χ2v) is 6.68. The van der Waals surface area contributed by atoms with Crippen molar-refractivity contribution in [1.29, 1.82) is 0 Å². The van der Waals surface area contributed by atoms with Crippen LogP contribution in [0, 0.1) is 24.2 Å². The highest BCUT2D eigenvalue weighted by atomic mass is 15.0. The summed E-state index contributed by atoms with van der Waals surface area (Å²) in [5, 5.41) is 0. The van der Waals surface area contributed by atoms with Crippen LogP contribution < -0.4 is 0 Å². The number of terminal acetylenes is 1. The molecular weight excluding hydrogens is 352 g/mol. The van der Waals surface area contributed by atoms with Crippen LogP contribution in [-0.2, 0) is 0 Å². The molecule has 0 aliphatic carbocycles. The van der Waals surface area contributed by atoms with Crippen LogP contribution in [0.5, 0.6) is 0 Å². The fraction of sp³-hybridized carbons (Fsp3) is 0.407. The molecule has 0 saturated heterocycles. The van der Waals surface area contributed by atoms with Gasteiger partial charge in [0.25, 0.3) is 5.70 Å². The van der Waals surface area contributed by atoms with Gasteiger partial charge in [-0.3, -0.25) is 0 Å². The van der Waals surface area contributed by atoms with E-state index in [9.17, 15) is 0 Å². The Morgan fingerprint density at radius 2 is 1.79 bits per heavy atom. The first kappa shape index (κ1) is 26.2. The number of hydrogen-bond acceptors (Lipinski definition) is 0. The molecule has 0 unspecified atom stereocenters. The van der Waals surface area contributed by atoms with Crippen LogP contribution >= 0.6 is 0 Å². The van der Waals surface area contributed by atoms with E-state index in [4.69, 9.17) is 6.42 Å². The molecule has 154 valence electrons. The summed E-state index contributed by atoms with van der Waals surface area (Å²) in [5.74, 6) is 9.34. The number of nitrogens with zero attached hydrogens (tertiary/aromatic N) is 2. The van der Waals surface area contributed by atoms with Crippen LogP contribution in [0.25, 0.3) is 0 Å². The average Bonchev–Trinajstić information content (AvgIpc) is 2.71. The Kier molecular flexibility index (Phi) is 14.6. The molecule has 0 bridgehead atoms. The lowest BCUT2D eigenvalue weighted by atomic mass is 10.1. The summed E-state index contributed by atoms with van der Waals surface area (Å²) < 4.78 is 4.22. The maximum absolute atomic E-state index is 5.49. The first-order valence-electron chi connectivity index (χ1n) is 10.5. The molecule has 0 fully saturated rings. The Labute approximate surface area is 179 Å². The first-order valence-corrected chi connectivity index (χ1v) is 10.5. The third-order valence-electron chi connectivity index (χ3n) is 4.21. The first-order chi connectivity index (χ1) is 14.0. The Morgan fingerprint density at radius 3 is 2.31 bits per heavy atom. The number of allylic oxidation sites excluding steroid dienone is 8. The normalized spacial score (nSPS) is 13.1. The van der Waals surface area contributed by atoms with E-state index in [1.807, 2.05) is 39.1 Å². The van der Waals surface area contributed by atoms with Crippen LogP contribution in [0.3, 0.4) is 0 Å². The van der Waals surface area contributed by atoms with Gasteiger partial charge in [-0.25, -0.2) is 0 Å². The van der Waals surface area contributed by atoms with Crippen LogP contribution in [0.1, 0.15) is 60.3 Å². The molecule has 0 aromatic rings. The molecule has 0 aromatic heterocycles. The summed E-state index contributed by atoms with van der Waals surface area (Å²) in [6.07, 6.45) is 21.7. The van der Waals surface area contributed by atoms with Crippen LogP contribution in [0.4, 0.5) is 0 Å². The van der Waals surface area contributed by atoms with Crippen LogP contribution in [-0.4, -0.2) is 34.7 Å². The van der Waals surface area contributed by atoms with Gasteiger partial charge in [0.2, 0.25) is 5.70 Å². The maximum Gasteiger partial charge on any atom is 0.264 e. The van der Waals surface area contributed by atoms with Gasteiger partial charge in [-0.1, -0.05) is 45.1 Å². The van der Waals surface area contributed by atoms with Crippen LogP contribution in [0.2, 0.25) is 0 Å². The van der Waals surface area contributed by atoms with Gasteiger partial charge < -0.3 is 0 Å². The highest BCUT2D eigenvalue weighted by molar-refractivity contribution is 5.66. The van der Waals surface area contributed by atoms with Gasteiger partial charge in [-0.05, 0) is 38.5 Å². The van der Waals surface area contributed by atoms with E-state index in [-0.39, 0.29) is 0 Å². The highest BCUT2D eigenvalue weighted by Crippen LogP contribution is 2.16. The largest absolute Gasteiger partial charge is 0.264 e. The fourth-order valence-electron chi connectivity index (χ4n) is 2.57. The lowest BCUT2D eigenvalue weighted by Crippen LogP contribution is -2.15. The lowest BCUT2D eigenvalue weighted by Gasteiger charge is -2.06. The predicted molar refractivity (Wildman–Crippen MR) is 129 cm³/mol. The Morgan fingerprint density at radius 1 is 1.07 bits per heavy atom. The van der Waals surface area contributed by atoms with Crippen LogP contribution in [0.15, 0.2) is 60.0 Å². The van der Waals surface area contributed by atoms with Gasteiger partial charge in [0.1, 0.15) is 12.8 Å². The van der Waals surface area contributed by atoms with Crippen molar-refractivity contribution < 1.29 is 9.15 Å². The van der Waals surface area contributed by atoms with E-state index in [2.05, 4.69) is 72.3 Å². The predicted octanol–water partition coefficient (Wildman–Crippen LogP) is 5.89.